The highest BCUT2D eigenvalue weighted by atomic mass is 16.5. The van der Waals surface area contributed by atoms with E-state index in [2.05, 4.69) is 10.8 Å². The first-order valence-electron chi connectivity index (χ1n) is 3.67. The second kappa shape index (κ2) is 3.37. The Labute approximate surface area is 66.5 Å². The lowest BCUT2D eigenvalue weighted by molar-refractivity contribution is -0.136. The van der Waals surface area contributed by atoms with Gasteiger partial charge in [0.2, 0.25) is 0 Å². The van der Waals surface area contributed by atoms with E-state index in [1.54, 1.807) is 0 Å². The molecule has 2 heteroatoms. The van der Waals surface area contributed by atoms with Crippen LogP contribution in [-0.4, -0.2) is 13.1 Å². The van der Waals surface area contributed by atoms with Gasteiger partial charge in [0.1, 0.15) is 0 Å². The summed E-state index contributed by atoms with van der Waals surface area (Å²) in [7, 11) is 1.42. The van der Waals surface area contributed by atoms with Crippen LogP contribution in [0, 0.1) is 0 Å². The molecule has 1 rings (SSSR count). The Kier molecular flexibility index (Phi) is 2.47. The van der Waals surface area contributed by atoms with Crippen molar-refractivity contribution in [3.05, 3.63) is 23.3 Å². The standard InChI is InChI=1S/C9H12O2/c1-7-5-3-4-6-8(7)9(10)11-2/h3-4H,5-6H2,1-2H3. The van der Waals surface area contributed by atoms with Crippen LogP contribution in [0.5, 0.6) is 0 Å². The average molecular weight is 152 g/mol. The zero-order valence-electron chi connectivity index (χ0n) is 6.89. The number of allylic oxidation sites excluding steroid dienone is 3. The summed E-state index contributed by atoms with van der Waals surface area (Å²) < 4.78 is 4.63. The van der Waals surface area contributed by atoms with Crippen molar-refractivity contribution >= 4 is 5.97 Å². The summed E-state index contributed by atoms with van der Waals surface area (Å²) in [6.07, 6.45) is 5.67. The van der Waals surface area contributed by atoms with Crippen LogP contribution >= 0.6 is 0 Å². The van der Waals surface area contributed by atoms with Crippen molar-refractivity contribution in [2.24, 2.45) is 0 Å². The molecule has 0 fully saturated rings. The summed E-state index contributed by atoms with van der Waals surface area (Å²) >= 11 is 0. The van der Waals surface area contributed by atoms with Crippen molar-refractivity contribution in [3.8, 4) is 0 Å². The van der Waals surface area contributed by atoms with Crippen LogP contribution < -0.4 is 0 Å². The van der Waals surface area contributed by atoms with Crippen LogP contribution in [0.15, 0.2) is 23.3 Å². The molecule has 0 N–H and O–H groups in total. The number of carbonyl (C=O) groups excluding carboxylic acids is 1. The summed E-state index contributed by atoms with van der Waals surface area (Å²) in [5.74, 6) is -0.188. The van der Waals surface area contributed by atoms with Crippen molar-refractivity contribution < 1.29 is 9.53 Å². The molecule has 0 aliphatic heterocycles. The predicted molar refractivity (Wildman–Crippen MR) is 43.1 cm³/mol. The fourth-order valence-corrected chi connectivity index (χ4v) is 1.14. The minimum Gasteiger partial charge on any atom is -0.466 e. The van der Waals surface area contributed by atoms with Crippen LogP contribution in [-0.2, 0) is 9.53 Å². The van der Waals surface area contributed by atoms with Gasteiger partial charge in [-0.2, -0.15) is 0 Å². The minimum absolute atomic E-state index is 0.188. The smallest absolute Gasteiger partial charge is 0.333 e. The molecule has 0 spiro atoms. The summed E-state index contributed by atoms with van der Waals surface area (Å²) in [5.41, 5.74) is 1.94. The molecule has 0 aromatic heterocycles. The topological polar surface area (TPSA) is 26.3 Å². The number of ether oxygens (including phenoxy) is 1. The molecule has 0 radical (unpaired) electrons. The summed E-state index contributed by atoms with van der Waals surface area (Å²) in [5, 5.41) is 0. The third kappa shape index (κ3) is 1.70. The van der Waals surface area contributed by atoms with Gasteiger partial charge in [-0.05, 0) is 19.8 Å². The maximum atomic E-state index is 11.1. The highest BCUT2D eigenvalue weighted by Crippen LogP contribution is 2.19. The lowest BCUT2D eigenvalue weighted by atomic mass is 9.99. The van der Waals surface area contributed by atoms with Crippen LogP contribution in [0.3, 0.4) is 0 Å². The first-order chi connectivity index (χ1) is 5.25. The summed E-state index contributed by atoms with van der Waals surface area (Å²) in [4.78, 5) is 11.1. The van der Waals surface area contributed by atoms with E-state index >= 15 is 0 Å². The minimum atomic E-state index is -0.188. The molecule has 0 saturated heterocycles. The van der Waals surface area contributed by atoms with E-state index in [4.69, 9.17) is 0 Å². The quantitative estimate of drug-likeness (QED) is 0.423. The molecule has 1 aliphatic carbocycles. The van der Waals surface area contributed by atoms with Gasteiger partial charge in [0.25, 0.3) is 0 Å². The van der Waals surface area contributed by atoms with E-state index in [9.17, 15) is 4.79 Å². The molecule has 0 atom stereocenters. The highest BCUT2D eigenvalue weighted by molar-refractivity contribution is 5.89. The molecule has 11 heavy (non-hydrogen) atoms. The fourth-order valence-electron chi connectivity index (χ4n) is 1.14. The van der Waals surface area contributed by atoms with Crippen molar-refractivity contribution in [3.63, 3.8) is 0 Å². The molecule has 0 aromatic carbocycles. The van der Waals surface area contributed by atoms with Crippen LogP contribution in [0.4, 0.5) is 0 Å². The molecule has 0 bridgehead atoms. The lowest BCUT2D eigenvalue weighted by Gasteiger charge is -2.10. The number of hydrogen-bond donors (Lipinski definition) is 0. The number of carbonyl (C=O) groups is 1. The van der Waals surface area contributed by atoms with E-state index in [1.807, 2.05) is 13.0 Å². The van der Waals surface area contributed by atoms with Gasteiger partial charge in [-0.1, -0.05) is 17.7 Å². The lowest BCUT2D eigenvalue weighted by Crippen LogP contribution is -2.08. The Hall–Kier alpha value is -1.05. The van der Waals surface area contributed by atoms with Crippen LogP contribution in [0.1, 0.15) is 19.8 Å². The van der Waals surface area contributed by atoms with E-state index in [0.29, 0.717) is 0 Å². The van der Waals surface area contributed by atoms with Crippen molar-refractivity contribution in [2.45, 2.75) is 19.8 Å². The Morgan fingerprint density at radius 2 is 2.09 bits per heavy atom. The molecule has 2 nitrogen and oxygen atoms in total. The largest absolute Gasteiger partial charge is 0.466 e. The molecular weight excluding hydrogens is 140 g/mol. The molecule has 0 heterocycles. The fraction of sp³-hybridized carbons (Fsp3) is 0.444. The van der Waals surface area contributed by atoms with Gasteiger partial charge in [-0.3, -0.25) is 0 Å². The third-order valence-electron chi connectivity index (χ3n) is 1.86. The zero-order valence-corrected chi connectivity index (χ0v) is 6.89. The molecule has 0 unspecified atom stereocenters. The molecule has 0 saturated carbocycles. The number of methoxy groups -OCH3 is 1. The SMILES string of the molecule is COC(=O)C1=C(C)CC=CC1. The molecule has 60 valence electrons. The van der Waals surface area contributed by atoms with Crippen LogP contribution in [0.2, 0.25) is 0 Å². The van der Waals surface area contributed by atoms with Gasteiger partial charge < -0.3 is 4.74 Å². The Balaban J connectivity index is 2.76. The Morgan fingerprint density at radius 1 is 1.45 bits per heavy atom. The van der Waals surface area contributed by atoms with Gasteiger partial charge in [0.15, 0.2) is 0 Å². The highest BCUT2D eigenvalue weighted by Gasteiger charge is 2.12. The Morgan fingerprint density at radius 3 is 2.64 bits per heavy atom. The first-order valence-corrected chi connectivity index (χ1v) is 3.67. The Bertz CT molecular complexity index is 224. The van der Waals surface area contributed by atoms with Crippen LogP contribution in [0.25, 0.3) is 0 Å². The van der Waals surface area contributed by atoms with Crippen molar-refractivity contribution in [2.75, 3.05) is 7.11 Å². The third-order valence-corrected chi connectivity index (χ3v) is 1.86. The van der Waals surface area contributed by atoms with Gasteiger partial charge >= 0.3 is 5.97 Å². The van der Waals surface area contributed by atoms with E-state index < -0.39 is 0 Å². The van der Waals surface area contributed by atoms with Crippen molar-refractivity contribution in [1.82, 2.24) is 0 Å². The number of hydrogen-bond acceptors (Lipinski definition) is 2. The second-order valence-corrected chi connectivity index (χ2v) is 2.63. The van der Waals surface area contributed by atoms with E-state index in [0.717, 1.165) is 24.0 Å². The van der Waals surface area contributed by atoms with E-state index in [1.165, 1.54) is 7.11 Å². The molecule has 0 aromatic rings. The maximum absolute atomic E-state index is 11.1. The van der Waals surface area contributed by atoms with Gasteiger partial charge in [-0.15, -0.1) is 0 Å². The zero-order chi connectivity index (χ0) is 8.27. The monoisotopic (exact) mass is 152 g/mol. The van der Waals surface area contributed by atoms with Gasteiger partial charge in [0, 0.05) is 5.57 Å². The number of esters is 1. The molecular formula is C9H12O2. The van der Waals surface area contributed by atoms with Crippen molar-refractivity contribution in [1.29, 1.82) is 0 Å². The normalized spacial score (nSPS) is 16.9. The van der Waals surface area contributed by atoms with Gasteiger partial charge in [0.05, 0.1) is 7.11 Å². The summed E-state index contributed by atoms with van der Waals surface area (Å²) in [6.45, 7) is 1.97. The van der Waals surface area contributed by atoms with Gasteiger partial charge in [-0.25, -0.2) is 4.79 Å². The summed E-state index contributed by atoms with van der Waals surface area (Å²) in [6, 6.07) is 0. The second-order valence-electron chi connectivity index (χ2n) is 2.63. The average Bonchev–Trinajstić information content (AvgIpc) is 2.04. The maximum Gasteiger partial charge on any atom is 0.333 e. The molecule has 1 aliphatic rings. The number of rotatable bonds is 1. The first kappa shape index (κ1) is 8.05. The van der Waals surface area contributed by atoms with E-state index in [-0.39, 0.29) is 5.97 Å². The molecule has 0 amide bonds. The predicted octanol–water partition coefficient (Wildman–Crippen LogP) is 1.83.